The highest BCUT2D eigenvalue weighted by molar-refractivity contribution is 7.23. The predicted octanol–water partition coefficient (Wildman–Crippen LogP) is 3.49. The lowest BCUT2D eigenvalue weighted by Crippen LogP contribution is -2.30. The van der Waals surface area contributed by atoms with Gasteiger partial charge in [0.1, 0.15) is 6.17 Å². The van der Waals surface area contributed by atoms with Gasteiger partial charge in [-0.25, -0.2) is 14.4 Å². The lowest BCUT2D eigenvalue weighted by atomic mass is 10.2. The standard InChI is InChI=1S/C19H21FN6OS/c1-11(13-5-3-4-7-22-13)23-19-24-14-9-15(21-2)28-17(14)16(25-19)18(27)26-8-6-12(20)10-26/h3-5,7,9,11-12,21H,6,8,10H2,1-2H3,(H,23,24,25)/t11?,12-/m1/s1. The summed E-state index contributed by atoms with van der Waals surface area (Å²) in [6.07, 6.45) is 1.12. The summed E-state index contributed by atoms with van der Waals surface area (Å²) in [6.45, 7) is 2.47. The van der Waals surface area contributed by atoms with Crippen molar-refractivity contribution in [3.8, 4) is 0 Å². The second-order valence-corrected chi connectivity index (χ2v) is 7.78. The molecule has 7 nitrogen and oxygen atoms in total. The van der Waals surface area contributed by atoms with Crippen molar-refractivity contribution in [1.29, 1.82) is 0 Å². The Morgan fingerprint density at radius 3 is 2.93 bits per heavy atom. The van der Waals surface area contributed by atoms with Crippen molar-refractivity contribution in [2.75, 3.05) is 30.8 Å². The molecular formula is C19H21FN6OS. The van der Waals surface area contributed by atoms with E-state index in [4.69, 9.17) is 0 Å². The minimum atomic E-state index is -0.973. The summed E-state index contributed by atoms with van der Waals surface area (Å²) in [5.74, 6) is 0.0936. The van der Waals surface area contributed by atoms with Crippen molar-refractivity contribution in [3.63, 3.8) is 0 Å². The summed E-state index contributed by atoms with van der Waals surface area (Å²) in [6, 6.07) is 7.44. The fourth-order valence-electron chi connectivity index (χ4n) is 3.21. The molecule has 0 radical (unpaired) electrons. The van der Waals surface area contributed by atoms with Crippen molar-refractivity contribution < 1.29 is 9.18 Å². The predicted molar refractivity (Wildman–Crippen MR) is 109 cm³/mol. The number of nitrogens with zero attached hydrogens (tertiary/aromatic N) is 4. The van der Waals surface area contributed by atoms with Gasteiger partial charge in [0.15, 0.2) is 5.69 Å². The number of pyridine rings is 1. The van der Waals surface area contributed by atoms with Crippen LogP contribution in [0.25, 0.3) is 10.2 Å². The van der Waals surface area contributed by atoms with Crippen LogP contribution in [0, 0.1) is 0 Å². The fourth-order valence-corrected chi connectivity index (χ4v) is 4.15. The van der Waals surface area contributed by atoms with E-state index in [1.54, 1.807) is 6.20 Å². The van der Waals surface area contributed by atoms with Crippen molar-refractivity contribution >= 4 is 38.4 Å². The molecule has 28 heavy (non-hydrogen) atoms. The van der Waals surface area contributed by atoms with Crippen LogP contribution in [-0.2, 0) is 0 Å². The maximum Gasteiger partial charge on any atom is 0.274 e. The Bertz CT molecular complexity index is 995. The van der Waals surface area contributed by atoms with Crippen molar-refractivity contribution in [1.82, 2.24) is 19.9 Å². The highest BCUT2D eigenvalue weighted by Crippen LogP contribution is 2.32. The molecule has 2 atom stereocenters. The van der Waals surface area contributed by atoms with Crippen molar-refractivity contribution in [3.05, 3.63) is 41.9 Å². The first-order chi connectivity index (χ1) is 13.5. The summed E-state index contributed by atoms with van der Waals surface area (Å²) in [5, 5.41) is 7.19. The van der Waals surface area contributed by atoms with Crippen LogP contribution in [0.1, 0.15) is 35.6 Å². The zero-order valence-corrected chi connectivity index (χ0v) is 16.5. The number of likely N-dealkylation sites (tertiary alicyclic amines) is 1. The van der Waals surface area contributed by atoms with Gasteiger partial charge in [0, 0.05) is 19.8 Å². The number of aromatic nitrogens is 3. The molecule has 2 N–H and O–H groups in total. The van der Waals surface area contributed by atoms with Crippen molar-refractivity contribution in [2.24, 2.45) is 0 Å². The number of amides is 1. The van der Waals surface area contributed by atoms with Gasteiger partial charge >= 0.3 is 0 Å². The summed E-state index contributed by atoms with van der Waals surface area (Å²) in [4.78, 5) is 28.0. The lowest BCUT2D eigenvalue weighted by molar-refractivity contribution is 0.0779. The van der Waals surface area contributed by atoms with E-state index in [2.05, 4.69) is 25.6 Å². The molecule has 0 bridgehead atoms. The minimum Gasteiger partial charge on any atom is -0.380 e. The molecule has 0 aromatic carbocycles. The fraction of sp³-hybridized carbons (Fsp3) is 0.368. The molecular weight excluding hydrogens is 379 g/mol. The molecule has 4 rings (SSSR count). The maximum atomic E-state index is 13.6. The smallest absolute Gasteiger partial charge is 0.274 e. The number of carbonyl (C=O) groups excluding carboxylic acids is 1. The number of carbonyl (C=O) groups is 1. The van der Waals surface area contributed by atoms with Crippen LogP contribution in [0.15, 0.2) is 30.5 Å². The Morgan fingerprint density at radius 1 is 1.39 bits per heavy atom. The van der Waals surface area contributed by atoms with E-state index in [1.165, 1.54) is 16.2 Å². The quantitative estimate of drug-likeness (QED) is 0.682. The topological polar surface area (TPSA) is 83.0 Å². The summed E-state index contributed by atoms with van der Waals surface area (Å²) < 4.78 is 14.3. The van der Waals surface area contributed by atoms with E-state index in [9.17, 15) is 9.18 Å². The average Bonchev–Trinajstić information content (AvgIpc) is 3.33. The zero-order chi connectivity index (χ0) is 19.7. The third-order valence-electron chi connectivity index (χ3n) is 4.72. The minimum absolute atomic E-state index is 0.113. The normalized spacial score (nSPS) is 17.7. The van der Waals surface area contributed by atoms with Crippen LogP contribution in [0.3, 0.4) is 0 Å². The van der Waals surface area contributed by atoms with Crippen LogP contribution in [0.4, 0.5) is 15.3 Å². The molecule has 1 unspecified atom stereocenters. The number of hydrogen-bond acceptors (Lipinski definition) is 7. The average molecular weight is 400 g/mol. The number of anilines is 2. The highest BCUT2D eigenvalue weighted by atomic mass is 32.1. The Morgan fingerprint density at radius 2 is 2.25 bits per heavy atom. The molecule has 3 aromatic heterocycles. The molecule has 4 heterocycles. The van der Waals surface area contributed by atoms with Gasteiger partial charge in [-0.05, 0) is 31.5 Å². The largest absolute Gasteiger partial charge is 0.380 e. The molecule has 0 aliphatic carbocycles. The van der Waals surface area contributed by atoms with Crippen LogP contribution >= 0.6 is 11.3 Å². The number of rotatable bonds is 5. The molecule has 9 heteroatoms. The number of alkyl halides is 1. The van der Waals surface area contributed by atoms with Crippen LogP contribution in [-0.4, -0.2) is 52.1 Å². The Balaban J connectivity index is 1.70. The molecule has 1 saturated heterocycles. The Hall–Kier alpha value is -2.81. The number of hydrogen-bond donors (Lipinski definition) is 2. The zero-order valence-electron chi connectivity index (χ0n) is 15.6. The summed E-state index contributed by atoms with van der Waals surface area (Å²) >= 11 is 1.42. The molecule has 1 aliphatic heterocycles. The lowest BCUT2D eigenvalue weighted by Gasteiger charge is -2.17. The summed E-state index contributed by atoms with van der Waals surface area (Å²) in [7, 11) is 1.82. The molecule has 0 spiro atoms. The van der Waals surface area contributed by atoms with Crippen LogP contribution < -0.4 is 10.6 Å². The number of nitrogens with one attached hydrogen (secondary N) is 2. The van der Waals surface area contributed by atoms with E-state index in [-0.39, 0.29) is 18.5 Å². The molecule has 3 aromatic rings. The molecule has 1 aliphatic rings. The first-order valence-electron chi connectivity index (χ1n) is 9.15. The number of thiophene rings is 1. The number of halogens is 1. The monoisotopic (exact) mass is 400 g/mol. The van der Waals surface area contributed by atoms with Gasteiger partial charge in [-0.15, -0.1) is 11.3 Å². The Labute approximate surface area is 166 Å². The summed E-state index contributed by atoms with van der Waals surface area (Å²) in [5.41, 5.74) is 1.83. The van der Waals surface area contributed by atoms with Gasteiger partial charge in [-0.3, -0.25) is 9.78 Å². The van der Waals surface area contributed by atoms with E-state index < -0.39 is 6.17 Å². The van der Waals surface area contributed by atoms with Gasteiger partial charge in [0.25, 0.3) is 5.91 Å². The molecule has 1 fully saturated rings. The number of fused-ring (bicyclic) bond motifs is 1. The first kappa shape index (κ1) is 18.5. The highest BCUT2D eigenvalue weighted by Gasteiger charge is 2.29. The van der Waals surface area contributed by atoms with Crippen LogP contribution in [0.5, 0.6) is 0 Å². The SMILES string of the molecule is CNc1cc2nc(NC(C)c3ccccn3)nc(C(=O)N3CC[C@@H](F)C3)c2s1. The molecule has 1 amide bonds. The first-order valence-corrected chi connectivity index (χ1v) is 9.97. The second kappa shape index (κ2) is 7.67. The maximum absolute atomic E-state index is 13.6. The van der Waals surface area contributed by atoms with Gasteiger partial charge < -0.3 is 15.5 Å². The Kier molecular flexibility index (Phi) is 5.08. The third kappa shape index (κ3) is 3.62. The van der Waals surface area contributed by atoms with Gasteiger partial charge in [0.05, 0.1) is 33.5 Å². The van der Waals surface area contributed by atoms with Crippen LogP contribution in [0.2, 0.25) is 0 Å². The van der Waals surface area contributed by atoms with Gasteiger partial charge in [0.2, 0.25) is 5.95 Å². The molecule has 0 saturated carbocycles. The second-order valence-electron chi connectivity index (χ2n) is 6.73. The molecule has 146 valence electrons. The van der Waals surface area contributed by atoms with E-state index in [1.807, 2.05) is 38.2 Å². The van der Waals surface area contributed by atoms with Crippen molar-refractivity contribution in [2.45, 2.75) is 25.6 Å². The van der Waals surface area contributed by atoms with Gasteiger partial charge in [-0.1, -0.05) is 6.07 Å². The van der Waals surface area contributed by atoms with E-state index in [0.717, 1.165) is 10.7 Å². The van der Waals surface area contributed by atoms with Gasteiger partial charge in [-0.2, -0.15) is 0 Å². The third-order valence-corrected chi connectivity index (χ3v) is 5.86. The van der Waals surface area contributed by atoms with E-state index in [0.29, 0.717) is 34.8 Å². The van der Waals surface area contributed by atoms with E-state index >= 15 is 0 Å².